The van der Waals surface area contributed by atoms with Gasteiger partial charge in [-0.2, -0.15) is 10.1 Å². The second kappa shape index (κ2) is 10.4. The lowest BCUT2D eigenvalue weighted by atomic mass is 10.1. The highest BCUT2D eigenvalue weighted by molar-refractivity contribution is 6.34. The van der Waals surface area contributed by atoms with E-state index in [1.165, 1.54) is 5.56 Å². The molecule has 1 aromatic carbocycles. The molecule has 0 bridgehead atoms. The first-order chi connectivity index (χ1) is 20.2. The van der Waals surface area contributed by atoms with E-state index in [4.69, 9.17) is 35.9 Å². The quantitative estimate of drug-likeness (QED) is 0.264. The van der Waals surface area contributed by atoms with Gasteiger partial charge in [-0.15, -0.1) is 6.58 Å². The molecule has 7 rings (SSSR count). The van der Waals surface area contributed by atoms with Crippen molar-refractivity contribution in [1.82, 2.24) is 29.6 Å². The fourth-order valence-corrected chi connectivity index (χ4v) is 6.42. The van der Waals surface area contributed by atoms with Gasteiger partial charge >= 0.3 is 0 Å². The number of fused-ring (bicyclic) bond motifs is 3. The summed E-state index contributed by atoms with van der Waals surface area (Å²) in [6, 6.07) is 8.23. The van der Waals surface area contributed by atoms with Crippen LogP contribution in [0.3, 0.4) is 0 Å². The summed E-state index contributed by atoms with van der Waals surface area (Å²) >= 11 is 6.93. The van der Waals surface area contributed by atoms with Crippen LogP contribution in [0.4, 0.5) is 0 Å². The maximum Gasteiger partial charge on any atom is 0.296 e. The van der Waals surface area contributed by atoms with Crippen molar-refractivity contribution in [2.24, 2.45) is 0 Å². The van der Waals surface area contributed by atoms with Crippen LogP contribution in [0.15, 0.2) is 43.1 Å². The Kier molecular flexibility index (Phi) is 6.84. The Balaban J connectivity index is 1.14. The molecule has 3 aliphatic rings. The number of rotatable bonds is 8. The summed E-state index contributed by atoms with van der Waals surface area (Å²) in [5.41, 5.74) is 5.82. The Hall–Kier alpha value is -3.32. The molecule has 42 heavy (non-hydrogen) atoms. The maximum absolute atomic E-state index is 10.2. The van der Waals surface area contributed by atoms with Crippen LogP contribution < -0.4 is 4.74 Å². The van der Waals surface area contributed by atoms with Gasteiger partial charge in [-0.1, -0.05) is 29.8 Å². The van der Waals surface area contributed by atoms with Gasteiger partial charge in [0.2, 0.25) is 0 Å². The van der Waals surface area contributed by atoms with Crippen molar-refractivity contribution < 1.29 is 24.4 Å². The predicted octanol–water partition coefficient (Wildman–Crippen LogP) is 3.18. The number of nitrogens with zero attached hydrogens (tertiary/aromatic N) is 5. The second-order valence-corrected chi connectivity index (χ2v) is 12.2. The molecule has 0 amide bonds. The van der Waals surface area contributed by atoms with Crippen LogP contribution in [0, 0.1) is 0 Å². The van der Waals surface area contributed by atoms with E-state index in [1.54, 1.807) is 6.08 Å². The van der Waals surface area contributed by atoms with Crippen LogP contribution in [0.5, 0.6) is 6.01 Å². The Morgan fingerprint density at radius 1 is 1.17 bits per heavy atom. The lowest BCUT2D eigenvalue weighted by molar-refractivity contribution is 0.00706. The molecule has 0 radical (unpaired) electrons. The fraction of sp³-hybridized carbons (Fsp3) is 0.433. The topological polar surface area (TPSA) is 131 Å². The third-order valence-corrected chi connectivity index (χ3v) is 8.32. The van der Waals surface area contributed by atoms with Crippen molar-refractivity contribution in [3.63, 3.8) is 0 Å². The molecule has 2 fully saturated rings. The second-order valence-electron chi connectivity index (χ2n) is 11.9. The molecular weight excluding hydrogens is 560 g/mol. The predicted molar refractivity (Wildman–Crippen MR) is 156 cm³/mol. The van der Waals surface area contributed by atoms with Crippen LogP contribution in [0.25, 0.3) is 28.1 Å². The Morgan fingerprint density at radius 2 is 1.95 bits per heavy atom. The van der Waals surface area contributed by atoms with E-state index in [1.807, 2.05) is 49.0 Å². The minimum absolute atomic E-state index is 0.225. The molecule has 3 aliphatic heterocycles. The number of H-pyrrole nitrogens is 1. The van der Waals surface area contributed by atoms with Crippen molar-refractivity contribution in [2.45, 2.75) is 63.4 Å². The average Bonchev–Trinajstić information content (AvgIpc) is 3.74. The zero-order valence-electron chi connectivity index (χ0n) is 23.5. The van der Waals surface area contributed by atoms with Gasteiger partial charge in [0.05, 0.1) is 46.4 Å². The molecule has 3 aromatic heterocycles. The Morgan fingerprint density at radius 3 is 2.69 bits per heavy atom. The van der Waals surface area contributed by atoms with Crippen LogP contribution in [-0.4, -0.2) is 89.6 Å². The van der Waals surface area contributed by atoms with Gasteiger partial charge in [0.25, 0.3) is 6.01 Å². The SMILES string of the molecule is C=CCc1c(Cl)c(-c2ccc(-n3cc4c(n3)CN(CC(C)(C)O)C4)cc2)nc2nc(O[C@@H]3CO[C@H]4[C@@H]3OC[C@H]4O)[nH]c12. The smallest absolute Gasteiger partial charge is 0.296 e. The van der Waals surface area contributed by atoms with E-state index < -0.39 is 23.9 Å². The number of aliphatic hydroxyl groups excluding tert-OH is 1. The number of halogens is 1. The van der Waals surface area contributed by atoms with Crippen LogP contribution in [-0.2, 0) is 29.0 Å². The number of ether oxygens (including phenoxy) is 3. The molecule has 220 valence electrons. The molecule has 12 heteroatoms. The number of aromatic nitrogens is 5. The molecule has 6 heterocycles. The van der Waals surface area contributed by atoms with E-state index in [0.717, 1.165) is 35.6 Å². The number of allylic oxidation sites excluding steroid dienone is 1. The van der Waals surface area contributed by atoms with Gasteiger partial charge in [-0.05, 0) is 32.4 Å². The third-order valence-electron chi connectivity index (χ3n) is 7.91. The molecule has 2 saturated heterocycles. The molecular formula is C30H33ClN6O5. The summed E-state index contributed by atoms with van der Waals surface area (Å²) in [5.74, 6) is 0. The van der Waals surface area contributed by atoms with E-state index >= 15 is 0 Å². The maximum atomic E-state index is 10.2. The van der Waals surface area contributed by atoms with Crippen molar-refractivity contribution >= 4 is 22.8 Å². The van der Waals surface area contributed by atoms with Crippen LogP contribution in [0.2, 0.25) is 5.02 Å². The molecule has 11 nitrogen and oxygen atoms in total. The first-order valence-corrected chi connectivity index (χ1v) is 14.4. The summed E-state index contributed by atoms with van der Waals surface area (Å²) in [6.45, 7) is 10.1. The first kappa shape index (κ1) is 27.5. The molecule has 4 atom stereocenters. The first-order valence-electron chi connectivity index (χ1n) is 14.1. The van der Waals surface area contributed by atoms with Gasteiger partial charge in [0.15, 0.2) is 11.8 Å². The number of hydrogen-bond acceptors (Lipinski definition) is 9. The number of pyridine rings is 1. The summed E-state index contributed by atoms with van der Waals surface area (Å²) in [5, 5.41) is 25.5. The van der Waals surface area contributed by atoms with Crippen molar-refractivity contribution in [2.75, 3.05) is 19.8 Å². The van der Waals surface area contributed by atoms with Crippen LogP contribution in [0.1, 0.15) is 30.7 Å². The van der Waals surface area contributed by atoms with E-state index in [-0.39, 0.29) is 12.7 Å². The molecule has 0 unspecified atom stereocenters. The number of benzene rings is 1. The van der Waals surface area contributed by atoms with Gasteiger partial charge in [-0.25, -0.2) is 9.67 Å². The number of β-amino-alcohol motifs (C(OH)–C–C–N with tert-alkyl or cyclic N) is 1. The molecule has 0 aliphatic carbocycles. The fourth-order valence-electron chi connectivity index (χ4n) is 6.10. The van der Waals surface area contributed by atoms with Gasteiger partial charge < -0.3 is 29.4 Å². The molecule has 3 N–H and O–H groups in total. The minimum atomic E-state index is -0.743. The van der Waals surface area contributed by atoms with Crippen molar-refractivity contribution in [1.29, 1.82) is 0 Å². The molecule has 0 saturated carbocycles. The van der Waals surface area contributed by atoms with Crippen molar-refractivity contribution in [3.05, 3.63) is 65.0 Å². The Labute approximate surface area is 247 Å². The normalized spacial score (nSPS) is 23.9. The number of imidazole rings is 1. The van der Waals surface area contributed by atoms with E-state index in [0.29, 0.717) is 47.5 Å². The summed E-state index contributed by atoms with van der Waals surface area (Å²) in [6.07, 6.45) is 2.55. The third kappa shape index (κ3) is 5.00. The lowest BCUT2D eigenvalue weighted by Crippen LogP contribution is -2.35. The molecule has 4 aromatic rings. The lowest BCUT2D eigenvalue weighted by Gasteiger charge is -2.24. The number of hydrogen-bond donors (Lipinski definition) is 3. The summed E-state index contributed by atoms with van der Waals surface area (Å²) in [4.78, 5) is 14.8. The van der Waals surface area contributed by atoms with E-state index in [9.17, 15) is 10.2 Å². The highest BCUT2D eigenvalue weighted by Gasteiger charge is 2.48. The Bertz CT molecular complexity index is 1620. The zero-order chi connectivity index (χ0) is 29.2. The number of nitrogens with one attached hydrogen (secondary N) is 1. The van der Waals surface area contributed by atoms with E-state index in [2.05, 4.69) is 21.4 Å². The highest BCUT2D eigenvalue weighted by atomic mass is 35.5. The van der Waals surface area contributed by atoms with Crippen molar-refractivity contribution in [3.8, 4) is 23.0 Å². The van der Waals surface area contributed by atoms with Crippen LogP contribution >= 0.6 is 11.6 Å². The van der Waals surface area contributed by atoms with Gasteiger partial charge in [-0.3, -0.25) is 4.90 Å². The average molecular weight is 593 g/mol. The van der Waals surface area contributed by atoms with Gasteiger partial charge in [0, 0.05) is 42.5 Å². The summed E-state index contributed by atoms with van der Waals surface area (Å²) < 4.78 is 19.3. The monoisotopic (exact) mass is 592 g/mol. The number of aromatic amines is 1. The standard InChI is InChI=1S/C30H33ClN6O5/c1-4-5-19-23(31)24(32-28-25(19)33-29(34-28)42-22-14-41-26-21(38)13-40-27(22)26)16-6-8-18(9-7-16)37-11-17-10-36(12-20(17)35-37)15-30(2,3)39/h4,6-9,11,21-22,26-27,38-39H,1,5,10,12-15H2,2-3H3,(H,32,33,34)/t21-,22-,26-,27-/m1/s1. The highest BCUT2D eigenvalue weighted by Crippen LogP contribution is 2.36. The minimum Gasteiger partial charge on any atom is -0.456 e. The van der Waals surface area contributed by atoms with Gasteiger partial charge in [0.1, 0.15) is 18.3 Å². The zero-order valence-corrected chi connectivity index (χ0v) is 24.2. The largest absolute Gasteiger partial charge is 0.456 e. The summed E-state index contributed by atoms with van der Waals surface area (Å²) in [7, 11) is 0. The molecule has 0 spiro atoms. The number of aliphatic hydroxyl groups is 2.